The highest BCUT2D eigenvalue weighted by Gasteiger charge is 2.14. The Bertz CT molecular complexity index is 407. The summed E-state index contributed by atoms with van der Waals surface area (Å²) in [5, 5.41) is 5.69. The minimum Gasteiger partial charge on any atom is -0.369 e. The lowest BCUT2D eigenvalue weighted by Gasteiger charge is -2.16. The first kappa shape index (κ1) is 14.2. The van der Waals surface area contributed by atoms with Crippen LogP contribution in [-0.4, -0.2) is 29.5 Å². The molecule has 0 saturated carbocycles. The lowest BCUT2D eigenvalue weighted by Crippen LogP contribution is -2.22. The second-order valence-electron chi connectivity index (χ2n) is 4.13. The number of carbonyl (C=O) groups is 1. The number of hydrogen-bond donors (Lipinski definition) is 4. The van der Waals surface area contributed by atoms with Gasteiger partial charge in [0, 0.05) is 25.6 Å². The maximum absolute atomic E-state index is 11.1. The van der Waals surface area contributed by atoms with Gasteiger partial charge in [-0.05, 0) is 5.92 Å². The Kier molecular flexibility index (Phi) is 5.31. The second-order valence-corrected chi connectivity index (χ2v) is 4.13. The summed E-state index contributed by atoms with van der Waals surface area (Å²) in [5.74, 6) is 6.94. The molecule has 0 spiro atoms. The van der Waals surface area contributed by atoms with E-state index in [0.29, 0.717) is 24.6 Å². The quantitative estimate of drug-likeness (QED) is 0.432. The Labute approximate surface area is 107 Å². The van der Waals surface area contributed by atoms with E-state index < -0.39 is 0 Å². The molecule has 18 heavy (non-hydrogen) atoms. The molecule has 1 amide bonds. The summed E-state index contributed by atoms with van der Waals surface area (Å²) in [7, 11) is 1.61. The summed E-state index contributed by atoms with van der Waals surface area (Å²) in [6.07, 6.45) is 1.83. The van der Waals surface area contributed by atoms with Gasteiger partial charge in [0.2, 0.25) is 5.91 Å². The highest BCUT2D eigenvalue weighted by molar-refractivity contribution is 5.76. The van der Waals surface area contributed by atoms with E-state index in [1.807, 2.05) is 13.8 Å². The maximum Gasteiger partial charge on any atom is 0.221 e. The smallest absolute Gasteiger partial charge is 0.221 e. The third-order valence-electron chi connectivity index (χ3n) is 2.52. The van der Waals surface area contributed by atoms with Gasteiger partial charge in [-0.15, -0.1) is 0 Å². The van der Waals surface area contributed by atoms with E-state index in [1.54, 1.807) is 7.05 Å². The molecule has 1 aromatic heterocycles. The van der Waals surface area contributed by atoms with Gasteiger partial charge in [-0.25, -0.2) is 15.8 Å². The third kappa shape index (κ3) is 3.56. The van der Waals surface area contributed by atoms with E-state index in [0.717, 1.165) is 5.56 Å². The number of hydrogen-bond acceptors (Lipinski definition) is 6. The van der Waals surface area contributed by atoms with Gasteiger partial charge < -0.3 is 16.1 Å². The van der Waals surface area contributed by atoms with Crippen LogP contribution >= 0.6 is 0 Å². The van der Waals surface area contributed by atoms with E-state index >= 15 is 0 Å². The molecule has 0 saturated heterocycles. The molecule has 0 aliphatic carbocycles. The van der Waals surface area contributed by atoms with Crippen molar-refractivity contribution in [2.45, 2.75) is 26.2 Å². The molecular formula is C11H20N6O. The molecule has 1 aromatic rings. The summed E-state index contributed by atoms with van der Waals surface area (Å²) in [6.45, 7) is 4.58. The zero-order valence-electron chi connectivity index (χ0n) is 10.9. The lowest BCUT2D eigenvalue weighted by atomic mass is 10.0. The molecule has 0 fully saturated rings. The number of carbonyl (C=O) groups excluding carboxylic acids is 1. The van der Waals surface area contributed by atoms with E-state index in [2.05, 4.69) is 26.0 Å². The van der Waals surface area contributed by atoms with Gasteiger partial charge in [-0.1, -0.05) is 13.8 Å². The van der Waals surface area contributed by atoms with E-state index in [1.165, 1.54) is 6.33 Å². The van der Waals surface area contributed by atoms with E-state index in [-0.39, 0.29) is 11.8 Å². The second kappa shape index (κ2) is 6.75. The van der Waals surface area contributed by atoms with Crippen molar-refractivity contribution in [3.05, 3.63) is 11.9 Å². The van der Waals surface area contributed by atoms with Gasteiger partial charge in [0.1, 0.15) is 18.0 Å². The number of nitrogen functional groups attached to an aromatic ring is 1. The van der Waals surface area contributed by atoms with Crippen LogP contribution in [0.5, 0.6) is 0 Å². The van der Waals surface area contributed by atoms with Gasteiger partial charge in [-0.2, -0.15) is 0 Å². The molecule has 7 heteroatoms. The number of nitrogens with one attached hydrogen (secondary N) is 3. The maximum atomic E-state index is 11.1. The van der Waals surface area contributed by atoms with Crippen molar-refractivity contribution in [2.75, 3.05) is 24.3 Å². The standard InChI is InChI=1S/C11H20N6O/c1-7(2)9-10(14-5-4-8(18)13-3)15-6-16-11(9)17-12/h6-7H,4-5,12H2,1-3H3,(H,13,18)(H2,14,15,16,17). The van der Waals surface area contributed by atoms with Crippen molar-refractivity contribution in [2.24, 2.45) is 5.84 Å². The van der Waals surface area contributed by atoms with E-state index in [9.17, 15) is 4.79 Å². The molecule has 7 nitrogen and oxygen atoms in total. The van der Waals surface area contributed by atoms with Gasteiger partial charge in [0.25, 0.3) is 0 Å². The number of hydrazine groups is 1. The number of anilines is 2. The van der Waals surface area contributed by atoms with Gasteiger partial charge in [0.15, 0.2) is 0 Å². The highest BCUT2D eigenvalue weighted by atomic mass is 16.1. The average molecular weight is 252 g/mol. The SMILES string of the molecule is CNC(=O)CCNc1ncnc(NN)c1C(C)C. The Morgan fingerprint density at radius 1 is 1.39 bits per heavy atom. The topological polar surface area (TPSA) is 105 Å². The summed E-state index contributed by atoms with van der Waals surface area (Å²) in [5.41, 5.74) is 3.47. The van der Waals surface area contributed by atoms with Crippen LogP contribution in [0, 0.1) is 0 Å². The Morgan fingerprint density at radius 3 is 2.61 bits per heavy atom. The predicted octanol–water partition coefficient (Wildman–Crippen LogP) is 0.434. The first-order chi connectivity index (χ1) is 8.60. The fourth-order valence-electron chi connectivity index (χ4n) is 1.62. The van der Waals surface area contributed by atoms with Crippen LogP contribution in [0.15, 0.2) is 6.33 Å². The van der Waals surface area contributed by atoms with Crippen LogP contribution in [0.4, 0.5) is 11.6 Å². The third-order valence-corrected chi connectivity index (χ3v) is 2.52. The van der Waals surface area contributed by atoms with Gasteiger partial charge in [-0.3, -0.25) is 4.79 Å². The first-order valence-corrected chi connectivity index (χ1v) is 5.86. The lowest BCUT2D eigenvalue weighted by molar-refractivity contribution is -0.120. The zero-order chi connectivity index (χ0) is 13.5. The van der Waals surface area contributed by atoms with Crippen LogP contribution in [0.1, 0.15) is 31.7 Å². The normalized spacial score (nSPS) is 10.3. The summed E-state index contributed by atoms with van der Waals surface area (Å²) < 4.78 is 0. The number of nitrogens with zero attached hydrogens (tertiary/aromatic N) is 2. The molecule has 0 aromatic carbocycles. The Balaban J connectivity index is 2.78. The minimum absolute atomic E-state index is 0.0140. The molecule has 100 valence electrons. The largest absolute Gasteiger partial charge is 0.369 e. The van der Waals surface area contributed by atoms with Crippen molar-refractivity contribution in [3.8, 4) is 0 Å². The number of rotatable bonds is 6. The molecule has 1 rings (SSSR count). The predicted molar refractivity (Wildman–Crippen MR) is 71.1 cm³/mol. The molecule has 0 aliphatic rings. The number of aromatic nitrogens is 2. The van der Waals surface area contributed by atoms with Crippen LogP contribution in [0.3, 0.4) is 0 Å². The number of amides is 1. The van der Waals surface area contributed by atoms with Crippen molar-refractivity contribution in [1.82, 2.24) is 15.3 Å². The molecule has 0 atom stereocenters. The average Bonchev–Trinajstić information content (AvgIpc) is 2.37. The fraction of sp³-hybridized carbons (Fsp3) is 0.545. The van der Waals surface area contributed by atoms with Crippen LogP contribution in [-0.2, 0) is 4.79 Å². The summed E-state index contributed by atoms with van der Waals surface area (Å²) in [4.78, 5) is 19.4. The van der Waals surface area contributed by atoms with Gasteiger partial charge >= 0.3 is 0 Å². The Hall–Kier alpha value is -1.89. The summed E-state index contributed by atoms with van der Waals surface area (Å²) >= 11 is 0. The van der Waals surface area contributed by atoms with Crippen molar-refractivity contribution < 1.29 is 4.79 Å². The Morgan fingerprint density at radius 2 is 2.06 bits per heavy atom. The van der Waals surface area contributed by atoms with Crippen LogP contribution < -0.4 is 21.9 Å². The van der Waals surface area contributed by atoms with Gasteiger partial charge in [0.05, 0.1) is 0 Å². The first-order valence-electron chi connectivity index (χ1n) is 5.86. The monoisotopic (exact) mass is 252 g/mol. The zero-order valence-corrected chi connectivity index (χ0v) is 10.9. The number of nitrogens with two attached hydrogens (primary N) is 1. The van der Waals surface area contributed by atoms with Crippen LogP contribution in [0.25, 0.3) is 0 Å². The molecule has 0 radical (unpaired) electrons. The van der Waals surface area contributed by atoms with Crippen molar-refractivity contribution in [1.29, 1.82) is 0 Å². The highest BCUT2D eigenvalue weighted by Crippen LogP contribution is 2.27. The molecule has 0 aliphatic heterocycles. The van der Waals surface area contributed by atoms with Crippen LogP contribution in [0.2, 0.25) is 0 Å². The van der Waals surface area contributed by atoms with Crippen molar-refractivity contribution >= 4 is 17.5 Å². The summed E-state index contributed by atoms with van der Waals surface area (Å²) in [6, 6.07) is 0. The molecule has 0 bridgehead atoms. The van der Waals surface area contributed by atoms with E-state index in [4.69, 9.17) is 5.84 Å². The molecule has 5 N–H and O–H groups in total. The molecule has 1 heterocycles. The minimum atomic E-state index is -0.0140. The molecular weight excluding hydrogens is 232 g/mol. The fourth-order valence-corrected chi connectivity index (χ4v) is 1.62. The molecule has 0 unspecified atom stereocenters. The van der Waals surface area contributed by atoms with Crippen molar-refractivity contribution in [3.63, 3.8) is 0 Å².